The van der Waals surface area contributed by atoms with Gasteiger partial charge in [-0.3, -0.25) is 9.59 Å². The number of fused-ring (bicyclic) bond motifs is 1. The summed E-state index contributed by atoms with van der Waals surface area (Å²) in [4.78, 5) is 39.4. The number of anilines is 1. The highest BCUT2D eigenvalue weighted by molar-refractivity contribution is 6.30. The molecule has 1 aliphatic heterocycles. The smallest absolute Gasteiger partial charge is 0.319 e. The molecular weight excluding hydrogens is 368 g/mol. The van der Waals surface area contributed by atoms with Crippen LogP contribution in [-0.2, 0) is 9.59 Å². The third kappa shape index (κ3) is 3.88. The Hall–Kier alpha value is -3.06. The van der Waals surface area contributed by atoms with Crippen molar-refractivity contribution in [2.75, 3.05) is 25.0 Å². The molecule has 2 aromatic carbocycles. The molecule has 140 valence electrons. The standard InChI is InChI=1S/C19H19ClN4O3/c1-23-15-8-7-13(20)9-14(15)18(12-5-3-2-4-6-12)24(11-17(23)26)19(27)22-10-16(21)25/h2-9,18H,10-11H2,1H3,(H2,21,25)(H,22,27). The largest absolute Gasteiger partial charge is 0.368 e. The predicted molar refractivity (Wildman–Crippen MR) is 102 cm³/mol. The molecule has 27 heavy (non-hydrogen) atoms. The molecule has 0 saturated heterocycles. The third-order valence-corrected chi connectivity index (χ3v) is 4.66. The van der Waals surface area contributed by atoms with Gasteiger partial charge in [0.25, 0.3) is 0 Å². The predicted octanol–water partition coefficient (Wildman–Crippen LogP) is 1.90. The van der Waals surface area contributed by atoms with E-state index in [-0.39, 0.29) is 19.0 Å². The maximum atomic E-state index is 12.8. The molecule has 0 aliphatic carbocycles. The number of nitrogens with zero attached hydrogens (tertiary/aromatic N) is 2. The van der Waals surface area contributed by atoms with E-state index < -0.39 is 18.0 Å². The first kappa shape index (κ1) is 18.7. The number of amides is 4. The van der Waals surface area contributed by atoms with Gasteiger partial charge in [0, 0.05) is 23.3 Å². The lowest BCUT2D eigenvalue weighted by molar-refractivity contribution is -0.119. The fourth-order valence-corrected chi connectivity index (χ4v) is 3.32. The zero-order valence-corrected chi connectivity index (χ0v) is 15.4. The molecule has 2 aromatic rings. The van der Waals surface area contributed by atoms with Gasteiger partial charge in [0.1, 0.15) is 6.54 Å². The second kappa shape index (κ2) is 7.67. The Morgan fingerprint density at radius 3 is 2.59 bits per heavy atom. The molecule has 0 spiro atoms. The number of rotatable bonds is 3. The van der Waals surface area contributed by atoms with Crippen LogP contribution in [0.15, 0.2) is 48.5 Å². The lowest BCUT2D eigenvalue weighted by atomic mass is 9.96. The van der Waals surface area contributed by atoms with Gasteiger partial charge in [-0.15, -0.1) is 0 Å². The van der Waals surface area contributed by atoms with E-state index in [1.54, 1.807) is 25.2 Å². The van der Waals surface area contributed by atoms with Gasteiger partial charge in [0.15, 0.2) is 0 Å². The molecule has 0 fully saturated rings. The van der Waals surface area contributed by atoms with Crippen LogP contribution in [0, 0.1) is 0 Å². The van der Waals surface area contributed by atoms with E-state index in [0.29, 0.717) is 10.7 Å². The van der Waals surface area contributed by atoms with Crippen LogP contribution >= 0.6 is 11.6 Å². The summed E-state index contributed by atoms with van der Waals surface area (Å²) in [6.07, 6.45) is 0. The second-order valence-corrected chi connectivity index (χ2v) is 6.66. The van der Waals surface area contributed by atoms with Crippen molar-refractivity contribution >= 4 is 35.1 Å². The first-order valence-corrected chi connectivity index (χ1v) is 8.70. The summed E-state index contributed by atoms with van der Waals surface area (Å²) in [7, 11) is 1.65. The van der Waals surface area contributed by atoms with Gasteiger partial charge in [-0.1, -0.05) is 41.9 Å². The average molecular weight is 387 g/mol. The summed E-state index contributed by atoms with van der Waals surface area (Å²) in [5.41, 5.74) is 7.33. The first-order valence-electron chi connectivity index (χ1n) is 8.32. The summed E-state index contributed by atoms with van der Waals surface area (Å²) in [5, 5.41) is 2.96. The summed E-state index contributed by atoms with van der Waals surface area (Å²) in [6.45, 7) is -0.476. The molecule has 0 bridgehead atoms. The molecule has 7 nitrogen and oxygen atoms in total. The van der Waals surface area contributed by atoms with Crippen molar-refractivity contribution in [3.63, 3.8) is 0 Å². The maximum Gasteiger partial charge on any atom is 0.319 e. The van der Waals surface area contributed by atoms with E-state index in [4.69, 9.17) is 17.3 Å². The summed E-state index contributed by atoms with van der Waals surface area (Å²) < 4.78 is 0. The van der Waals surface area contributed by atoms with E-state index in [2.05, 4.69) is 5.32 Å². The number of urea groups is 1. The van der Waals surface area contributed by atoms with Crippen LogP contribution in [0.4, 0.5) is 10.5 Å². The van der Waals surface area contributed by atoms with Crippen molar-refractivity contribution in [3.8, 4) is 0 Å². The molecular formula is C19H19ClN4O3. The Balaban J connectivity index is 2.14. The number of halogens is 1. The Labute approximate surface area is 161 Å². The zero-order valence-electron chi connectivity index (χ0n) is 14.7. The topological polar surface area (TPSA) is 95.7 Å². The lowest BCUT2D eigenvalue weighted by Crippen LogP contribution is -2.47. The van der Waals surface area contributed by atoms with Crippen molar-refractivity contribution in [1.29, 1.82) is 0 Å². The van der Waals surface area contributed by atoms with Crippen LogP contribution in [0.25, 0.3) is 0 Å². The first-order chi connectivity index (χ1) is 12.9. The summed E-state index contributed by atoms with van der Waals surface area (Å²) >= 11 is 6.21. The van der Waals surface area contributed by atoms with E-state index in [9.17, 15) is 14.4 Å². The van der Waals surface area contributed by atoms with Gasteiger partial charge in [-0.05, 0) is 23.8 Å². The van der Waals surface area contributed by atoms with Gasteiger partial charge in [-0.25, -0.2) is 4.79 Å². The molecule has 8 heteroatoms. The molecule has 4 amide bonds. The zero-order chi connectivity index (χ0) is 19.6. The third-order valence-electron chi connectivity index (χ3n) is 4.43. The Morgan fingerprint density at radius 2 is 1.93 bits per heavy atom. The Bertz CT molecular complexity index is 888. The van der Waals surface area contributed by atoms with E-state index >= 15 is 0 Å². The van der Waals surface area contributed by atoms with Crippen LogP contribution in [0.2, 0.25) is 5.02 Å². The van der Waals surface area contributed by atoms with Gasteiger partial charge in [0.2, 0.25) is 11.8 Å². The minimum Gasteiger partial charge on any atom is -0.368 e. The van der Waals surface area contributed by atoms with E-state index in [1.807, 2.05) is 30.3 Å². The number of carbonyl (C=O) groups excluding carboxylic acids is 3. The molecule has 3 N–H and O–H groups in total. The van der Waals surface area contributed by atoms with Crippen molar-refractivity contribution in [1.82, 2.24) is 10.2 Å². The molecule has 3 rings (SSSR count). The molecule has 1 atom stereocenters. The molecule has 0 aromatic heterocycles. The van der Waals surface area contributed by atoms with Crippen LogP contribution in [-0.4, -0.2) is 42.9 Å². The average Bonchev–Trinajstić information content (AvgIpc) is 2.75. The van der Waals surface area contributed by atoms with Gasteiger partial charge in [-0.2, -0.15) is 0 Å². The van der Waals surface area contributed by atoms with Gasteiger partial charge in [0.05, 0.1) is 12.6 Å². The highest BCUT2D eigenvalue weighted by Gasteiger charge is 2.35. The highest BCUT2D eigenvalue weighted by Crippen LogP contribution is 2.38. The molecule has 0 radical (unpaired) electrons. The number of benzene rings is 2. The summed E-state index contributed by atoms with van der Waals surface area (Å²) in [6, 6.07) is 13.4. The lowest BCUT2D eigenvalue weighted by Gasteiger charge is -2.30. The molecule has 1 unspecified atom stereocenters. The van der Waals surface area contributed by atoms with Crippen molar-refractivity contribution < 1.29 is 14.4 Å². The van der Waals surface area contributed by atoms with Crippen LogP contribution in [0.1, 0.15) is 17.2 Å². The number of likely N-dealkylation sites (N-methyl/N-ethyl adjacent to an activating group) is 1. The van der Waals surface area contributed by atoms with Gasteiger partial charge < -0.3 is 20.9 Å². The number of carbonyl (C=O) groups is 3. The number of nitrogens with two attached hydrogens (primary N) is 1. The molecule has 0 saturated carbocycles. The highest BCUT2D eigenvalue weighted by atomic mass is 35.5. The van der Waals surface area contributed by atoms with E-state index in [1.165, 1.54) is 9.80 Å². The number of hydrogen-bond acceptors (Lipinski definition) is 3. The van der Waals surface area contributed by atoms with Crippen molar-refractivity contribution in [3.05, 3.63) is 64.7 Å². The number of nitrogens with one attached hydrogen (secondary N) is 1. The van der Waals surface area contributed by atoms with Crippen LogP contribution in [0.5, 0.6) is 0 Å². The SMILES string of the molecule is CN1C(=O)CN(C(=O)NCC(N)=O)C(c2ccccc2)c2cc(Cl)ccc21. The second-order valence-electron chi connectivity index (χ2n) is 6.22. The quantitative estimate of drug-likeness (QED) is 0.843. The maximum absolute atomic E-state index is 12.8. The fourth-order valence-electron chi connectivity index (χ4n) is 3.14. The van der Waals surface area contributed by atoms with Crippen molar-refractivity contribution in [2.45, 2.75) is 6.04 Å². The number of primary amides is 1. The molecule has 1 aliphatic rings. The van der Waals surface area contributed by atoms with E-state index in [0.717, 1.165) is 11.1 Å². The normalized spacial score (nSPS) is 16.5. The monoisotopic (exact) mass is 386 g/mol. The number of hydrogen-bond donors (Lipinski definition) is 2. The van der Waals surface area contributed by atoms with Gasteiger partial charge >= 0.3 is 6.03 Å². The summed E-state index contributed by atoms with van der Waals surface area (Å²) in [5.74, 6) is -0.924. The minimum absolute atomic E-state index is 0.160. The van der Waals surface area contributed by atoms with Crippen molar-refractivity contribution in [2.24, 2.45) is 5.73 Å². The fraction of sp³-hybridized carbons (Fsp3) is 0.211. The minimum atomic E-state index is -0.665. The van der Waals surface area contributed by atoms with Crippen LogP contribution < -0.4 is 16.0 Å². The van der Waals surface area contributed by atoms with Crippen LogP contribution in [0.3, 0.4) is 0 Å². The molecule has 1 heterocycles. The Morgan fingerprint density at radius 1 is 1.22 bits per heavy atom. The Kier molecular flexibility index (Phi) is 5.32.